The zero-order valence-electron chi connectivity index (χ0n) is 12.7. The average molecular weight is 301 g/mol. The third-order valence-corrected chi connectivity index (χ3v) is 4.87. The van der Waals surface area contributed by atoms with Crippen molar-refractivity contribution in [3.8, 4) is 0 Å². The molecule has 0 spiro atoms. The minimum Gasteiger partial charge on any atom is -0.313 e. The molecule has 0 aromatic rings. The minimum atomic E-state index is -0.729. The minimum absolute atomic E-state index is 0.0114. The van der Waals surface area contributed by atoms with Crippen LogP contribution in [-0.4, -0.2) is 50.9 Å². The maximum absolute atomic E-state index is 14.4. The van der Waals surface area contributed by atoms with E-state index >= 15 is 0 Å². The Morgan fingerprint density at radius 3 is 2.86 bits per heavy atom. The second kappa shape index (κ2) is 7.30. The molecule has 2 heterocycles. The van der Waals surface area contributed by atoms with E-state index in [0.29, 0.717) is 12.3 Å². The molecule has 0 bridgehead atoms. The zero-order valence-corrected chi connectivity index (χ0v) is 12.7. The molecule has 122 valence electrons. The van der Waals surface area contributed by atoms with Crippen molar-refractivity contribution in [2.24, 2.45) is 11.8 Å². The molecule has 7 heteroatoms. The first-order chi connectivity index (χ1) is 10.2. The molecular formula is C14H28FN5O. The molecule has 21 heavy (non-hydrogen) atoms. The first kappa shape index (κ1) is 15.6. The third kappa shape index (κ3) is 4.12. The van der Waals surface area contributed by atoms with E-state index in [9.17, 15) is 4.39 Å². The lowest BCUT2D eigenvalue weighted by Crippen LogP contribution is -2.57. The van der Waals surface area contributed by atoms with E-state index in [1.165, 1.54) is 0 Å². The molecule has 6 nitrogen and oxygen atoms in total. The number of hydrogen-bond donors (Lipinski definition) is 5. The first-order valence-corrected chi connectivity index (χ1v) is 8.21. The van der Waals surface area contributed by atoms with Crippen LogP contribution in [0.1, 0.15) is 26.2 Å². The van der Waals surface area contributed by atoms with Gasteiger partial charge in [-0.05, 0) is 32.1 Å². The molecule has 3 rings (SSSR count). The average Bonchev–Trinajstić information content (AvgIpc) is 2.93. The molecule has 2 aliphatic heterocycles. The first-order valence-electron chi connectivity index (χ1n) is 8.21. The number of nitrogens with one attached hydrogen (secondary N) is 5. The smallest absolute Gasteiger partial charge is 0.128 e. The summed E-state index contributed by atoms with van der Waals surface area (Å²) in [6.45, 7) is 5.61. The van der Waals surface area contributed by atoms with Crippen LogP contribution in [0.3, 0.4) is 0 Å². The van der Waals surface area contributed by atoms with Crippen molar-refractivity contribution in [3.05, 3.63) is 0 Å². The van der Waals surface area contributed by atoms with Gasteiger partial charge in [-0.15, -0.1) is 0 Å². The Bertz CT molecular complexity index is 328. The number of piperazine rings is 1. The third-order valence-electron chi connectivity index (χ3n) is 4.87. The van der Waals surface area contributed by atoms with E-state index in [0.717, 1.165) is 39.0 Å². The van der Waals surface area contributed by atoms with Gasteiger partial charge in [-0.1, -0.05) is 0 Å². The Morgan fingerprint density at radius 2 is 2.19 bits per heavy atom. The van der Waals surface area contributed by atoms with Gasteiger partial charge in [0.05, 0.1) is 12.3 Å². The number of halogens is 1. The summed E-state index contributed by atoms with van der Waals surface area (Å²) in [5.74, 6) is 0.445. The Hall–Kier alpha value is -0.310. The van der Waals surface area contributed by atoms with Crippen LogP contribution in [0.2, 0.25) is 0 Å². The molecule has 2 saturated heterocycles. The molecule has 1 saturated carbocycles. The second-order valence-electron chi connectivity index (χ2n) is 6.49. The summed E-state index contributed by atoms with van der Waals surface area (Å²) in [6.07, 6.45) is 2.25. The second-order valence-corrected chi connectivity index (χ2v) is 6.49. The van der Waals surface area contributed by atoms with Crippen LogP contribution in [0.5, 0.6) is 0 Å². The van der Waals surface area contributed by atoms with E-state index < -0.39 is 6.17 Å². The van der Waals surface area contributed by atoms with E-state index in [2.05, 4.69) is 26.7 Å². The van der Waals surface area contributed by atoms with Gasteiger partial charge in [0.25, 0.3) is 0 Å². The van der Waals surface area contributed by atoms with Gasteiger partial charge in [0.1, 0.15) is 12.4 Å². The maximum Gasteiger partial charge on any atom is 0.128 e. The van der Waals surface area contributed by atoms with Crippen molar-refractivity contribution in [2.75, 3.05) is 26.2 Å². The highest BCUT2D eigenvalue weighted by Gasteiger charge is 2.37. The fourth-order valence-corrected chi connectivity index (χ4v) is 3.56. The Morgan fingerprint density at radius 1 is 1.29 bits per heavy atom. The molecule has 5 N–H and O–H groups in total. The lowest BCUT2D eigenvalue weighted by molar-refractivity contribution is 0.0198. The van der Waals surface area contributed by atoms with Gasteiger partial charge in [0.15, 0.2) is 0 Å². The van der Waals surface area contributed by atoms with E-state index in [-0.39, 0.29) is 24.5 Å². The number of rotatable bonds is 4. The predicted octanol–water partition coefficient (Wildman–Crippen LogP) is -0.354. The molecular weight excluding hydrogens is 273 g/mol. The Balaban J connectivity index is 1.40. The highest BCUT2D eigenvalue weighted by atomic mass is 19.1. The molecule has 0 aromatic carbocycles. The van der Waals surface area contributed by atoms with E-state index in [4.69, 9.17) is 4.84 Å². The van der Waals surface area contributed by atoms with Gasteiger partial charge in [0.2, 0.25) is 0 Å². The van der Waals surface area contributed by atoms with Gasteiger partial charge >= 0.3 is 0 Å². The summed E-state index contributed by atoms with van der Waals surface area (Å²) in [4.78, 5) is 5.30. The molecule has 3 aliphatic rings. The summed E-state index contributed by atoms with van der Waals surface area (Å²) < 4.78 is 14.4. The quantitative estimate of drug-likeness (QED) is 0.489. The van der Waals surface area contributed by atoms with Crippen molar-refractivity contribution in [2.45, 2.75) is 50.9 Å². The molecule has 0 amide bonds. The van der Waals surface area contributed by atoms with Gasteiger partial charge in [0, 0.05) is 32.1 Å². The Kier molecular flexibility index (Phi) is 5.42. The lowest BCUT2D eigenvalue weighted by Gasteiger charge is -2.35. The van der Waals surface area contributed by atoms with Crippen LogP contribution in [0, 0.1) is 11.8 Å². The molecule has 0 radical (unpaired) electrons. The summed E-state index contributed by atoms with van der Waals surface area (Å²) in [5.41, 5.74) is 2.98. The fourth-order valence-electron chi connectivity index (χ4n) is 3.56. The van der Waals surface area contributed by atoms with Gasteiger partial charge < -0.3 is 10.6 Å². The molecule has 0 aromatic heterocycles. The van der Waals surface area contributed by atoms with Crippen molar-refractivity contribution >= 4 is 0 Å². The van der Waals surface area contributed by atoms with Gasteiger partial charge in [-0.3, -0.25) is 15.5 Å². The van der Waals surface area contributed by atoms with Crippen LogP contribution in [0.4, 0.5) is 4.39 Å². The molecule has 6 atom stereocenters. The number of hydrogen-bond acceptors (Lipinski definition) is 6. The molecule has 1 aliphatic carbocycles. The van der Waals surface area contributed by atoms with Crippen molar-refractivity contribution in [1.29, 1.82) is 0 Å². The molecule has 6 unspecified atom stereocenters. The maximum atomic E-state index is 14.4. The highest BCUT2D eigenvalue weighted by Crippen LogP contribution is 2.33. The van der Waals surface area contributed by atoms with E-state index in [1.54, 1.807) is 0 Å². The predicted molar refractivity (Wildman–Crippen MR) is 79.0 cm³/mol. The number of hydroxylamine groups is 1. The van der Waals surface area contributed by atoms with Gasteiger partial charge in [-0.25, -0.2) is 4.39 Å². The van der Waals surface area contributed by atoms with Crippen LogP contribution in [-0.2, 0) is 4.84 Å². The normalized spacial score (nSPS) is 44.9. The molecule has 3 fully saturated rings. The van der Waals surface area contributed by atoms with Crippen LogP contribution < -0.4 is 26.7 Å². The SMILES string of the molecule is CC1NC(C2CCC(CNC3CNCCN3)C(F)C2)NO1. The zero-order chi connectivity index (χ0) is 14.7. The number of alkyl halides is 1. The summed E-state index contributed by atoms with van der Waals surface area (Å²) >= 11 is 0. The summed E-state index contributed by atoms with van der Waals surface area (Å²) in [7, 11) is 0. The van der Waals surface area contributed by atoms with Gasteiger partial charge in [-0.2, -0.15) is 5.48 Å². The highest BCUT2D eigenvalue weighted by molar-refractivity contribution is 4.88. The standard InChI is InChI=1S/C14H28FN5O/c1-9-19-14(20-21-9)10-2-3-11(12(15)6-10)7-18-13-8-16-4-5-17-13/h9-14,16-20H,2-8H2,1H3. The topological polar surface area (TPSA) is 69.4 Å². The fraction of sp³-hybridized carbons (Fsp3) is 1.00. The van der Waals surface area contributed by atoms with Crippen molar-refractivity contribution in [3.63, 3.8) is 0 Å². The van der Waals surface area contributed by atoms with E-state index in [1.807, 2.05) is 6.92 Å². The lowest BCUT2D eigenvalue weighted by atomic mass is 9.79. The van der Waals surface area contributed by atoms with Crippen LogP contribution in [0.15, 0.2) is 0 Å². The monoisotopic (exact) mass is 301 g/mol. The van der Waals surface area contributed by atoms with Crippen molar-refractivity contribution in [1.82, 2.24) is 26.7 Å². The summed E-state index contributed by atoms with van der Waals surface area (Å²) in [6, 6.07) is 0. The summed E-state index contributed by atoms with van der Waals surface area (Å²) in [5, 5.41) is 13.5. The van der Waals surface area contributed by atoms with Crippen molar-refractivity contribution < 1.29 is 9.23 Å². The largest absolute Gasteiger partial charge is 0.313 e. The van der Waals surface area contributed by atoms with Crippen LogP contribution in [0.25, 0.3) is 0 Å². The van der Waals surface area contributed by atoms with Crippen LogP contribution >= 0.6 is 0 Å². The Labute approximate surface area is 125 Å².